The second kappa shape index (κ2) is 4.20. The van der Waals surface area contributed by atoms with Gasteiger partial charge in [0.15, 0.2) is 6.19 Å². The molecular formula is C8H6Cl2N2. The van der Waals surface area contributed by atoms with Crippen molar-refractivity contribution in [1.29, 1.82) is 5.26 Å². The monoisotopic (exact) mass is 200 g/mol. The van der Waals surface area contributed by atoms with Crippen LogP contribution in [0.1, 0.15) is 5.56 Å². The third-order valence-corrected chi connectivity index (χ3v) is 2.11. The Morgan fingerprint density at radius 3 is 2.42 bits per heavy atom. The molecule has 0 saturated heterocycles. The Morgan fingerprint density at radius 2 is 1.92 bits per heavy atom. The van der Waals surface area contributed by atoms with Crippen LogP contribution in [-0.2, 0) is 6.54 Å². The van der Waals surface area contributed by atoms with Crippen LogP contribution >= 0.6 is 23.2 Å². The zero-order chi connectivity index (χ0) is 8.97. The van der Waals surface area contributed by atoms with Gasteiger partial charge in [-0.1, -0.05) is 29.3 Å². The summed E-state index contributed by atoms with van der Waals surface area (Å²) in [5.74, 6) is 0. The Bertz CT molecular complexity index is 297. The molecule has 1 aromatic rings. The van der Waals surface area contributed by atoms with Crippen LogP contribution in [0.15, 0.2) is 18.2 Å². The standard InChI is InChI=1S/C8H6Cl2N2/c9-7-2-1-3-8(10)6(7)4-12-5-11/h1-3,12H,4H2. The molecule has 0 unspecified atom stereocenters. The number of nitrogens with one attached hydrogen (secondary N) is 1. The molecule has 62 valence electrons. The first kappa shape index (κ1) is 9.18. The van der Waals surface area contributed by atoms with Crippen LogP contribution in [0.4, 0.5) is 0 Å². The van der Waals surface area contributed by atoms with E-state index in [1.165, 1.54) is 0 Å². The molecule has 0 radical (unpaired) electrons. The Labute approximate surface area is 80.7 Å². The molecule has 0 saturated carbocycles. The Kier molecular flexibility index (Phi) is 3.21. The predicted molar refractivity (Wildman–Crippen MR) is 48.9 cm³/mol. The molecular weight excluding hydrogens is 195 g/mol. The number of nitriles is 1. The summed E-state index contributed by atoms with van der Waals surface area (Å²) in [6, 6.07) is 5.24. The van der Waals surface area contributed by atoms with Crippen LogP contribution in [-0.4, -0.2) is 0 Å². The Hall–Kier alpha value is -0.910. The molecule has 0 aliphatic carbocycles. The molecule has 1 N–H and O–H groups in total. The van der Waals surface area contributed by atoms with E-state index in [0.29, 0.717) is 16.6 Å². The lowest BCUT2D eigenvalue weighted by Gasteiger charge is -2.03. The molecule has 2 nitrogen and oxygen atoms in total. The summed E-state index contributed by atoms with van der Waals surface area (Å²) in [7, 11) is 0. The SMILES string of the molecule is N#CNCc1c(Cl)cccc1Cl. The summed E-state index contributed by atoms with van der Waals surface area (Å²) in [5.41, 5.74) is 0.752. The van der Waals surface area contributed by atoms with Gasteiger partial charge in [-0.05, 0) is 12.1 Å². The van der Waals surface area contributed by atoms with Crippen molar-refractivity contribution in [2.45, 2.75) is 6.54 Å². The number of rotatable bonds is 2. The van der Waals surface area contributed by atoms with Crippen LogP contribution in [0.5, 0.6) is 0 Å². The minimum absolute atomic E-state index is 0.370. The van der Waals surface area contributed by atoms with E-state index in [-0.39, 0.29) is 0 Å². The molecule has 0 aromatic heterocycles. The molecule has 1 aromatic carbocycles. The zero-order valence-corrected chi connectivity index (χ0v) is 7.65. The van der Waals surface area contributed by atoms with Gasteiger partial charge in [0, 0.05) is 15.6 Å². The van der Waals surface area contributed by atoms with Gasteiger partial charge < -0.3 is 5.32 Å². The summed E-state index contributed by atoms with van der Waals surface area (Å²) < 4.78 is 0. The fraction of sp³-hybridized carbons (Fsp3) is 0.125. The van der Waals surface area contributed by atoms with Crippen molar-refractivity contribution < 1.29 is 0 Å². The van der Waals surface area contributed by atoms with Gasteiger partial charge in [-0.3, -0.25) is 0 Å². The molecule has 0 bridgehead atoms. The average molecular weight is 201 g/mol. The van der Waals surface area contributed by atoms with Crippen molar-refractivity contribution in [3.8, 4) is 6.19 Å². The minimum Gasteiger partial charge on any atom is -0.319 e. The second-order valence-corrected chi connectivity index (χ2v) is 2.98. The molecule has 4 heteroatoms. The van der Waals surface area contributed by atoms with Crippen LogP contribution in [0.3, 0.4) is 0 Å². The third-order valence-electron chi connectivity index (χ3n) is 1.41. The summed E-state index contributed by atoms with van der Waals surface area (Å²) in [6.07, 6.45) is 1.80. The molecule has 1 rings (SSSR count). The van der Waals surface area contributed by atoms with E-state index < -0.39 is 0 Å². The van der Waals surface area contributed by atoms with Gasteiger partial charge in [0.1, 0.15) is 0 Å². The van der Waals surface area contributed by atoms with E-state index in [1.807, 2.05) is 0 Å². The van der Waals surface area contributed by atoms with E-state index in [4.69, 9.17) is 28.5 Å². The third kappa shape index (κ3) is 2.04. The number of hydrogen-bond donors (Lipinski definition) is 1. The van der Waals surface area contributed by atoms with Crippen molar-refractivity contribution in [2.75, 3.05) is 0 Å². The van der Waals surface area contributed by atoms with Crippen LogP contribution in [0.2, 0.25) is 10.0 Å². The van der Waals surface area contributed by atoms with Crippen LogP contribution < -0.4 is 5.32 Å². The summed E-state index contributed by atoms with van der Waals surface area (Å²) in [4.78, 5) is 0. The molecule has 12 heavy (non-hydrogen) atoms. The van der Waals surface area contributed by atoms with Gasteiger partial charge in [0.25, 0.3) is 0 Å². The highest BCUT2D eigenvalue weighted by Gasteiger charge is 2.03. The topological polar surface area (TPSA) is 35.8 Å². The minimum atomic E-state index is 0.370. The number of hydrogen-bond acceptors (Lipinski definition) is 2. The first-order chi connectivity index (χ1) is 5.75. The largest absolute Gasteiger partial charge is 0.319 e. The lowest BCUT2D eigenvalue weighted by atomic mass is 10.2. The Morgan fingerprint density at radius 1 is 1.33 bits per heavy atom. The predicted octanol–water partition coefficient (Wildman–Crippen LogP) is 2.56. The molecule has 0 aliphatic rings. The zero-order valence-electron chi connectivity index (χ0n) is 6.14. The van der Waals surface area contributed by atoms with Crippen LogP contribution in [0, 0.1) is 11.5 Å². The van der Waals surface area contributed by atoms with E-state index in [2.05, 4.69) is 5.32 Å². The number of benzene rings is 1. The van der Waals surface area contributed by atoms with E-state index in [0.717, 1.165) is 5.56 Å². The summed E-state index contributed by atoms with van der Waals surface area (Å²) in [5, 5.41) is 11.9. The highest BCUT2D eigenvalue weighted by atomic mass is 35.5. The van der Waals surface area contributed by atoms with Crippen molar-refractivity contribution in [3.63, 3.8) is 0 Å². The second-order valence-electron chi connectivity index (χ2n) is 2.17. The van der Waals surface area contributed by atoms with Crippen molar-refractivity contribution in [3.05, 3.63) is 33.8 Å². The quantitative estimate of drug-likeness (QED) is 0.589. The van der Waals surface area contributed by atoms with Crippen molar-refractivity contribution in [2.24, 2.45) is 0 Å². The van der Waals surface area contributed by atoms with Gasteiger partial charge in [0.2, 0.25) is 0 Å². The van der Waals surface area contributed by atoms with Gasteiger partial charge >= 0.3 is 0 Å². The average Bonchev–Trinajstić information content (AvgIpc) is 2.04. The highest BCUT2D eigenvalue weighted by Crippen LogP contribution is 2.23. The van der Waals surface area contributed by atoms with Gasteiger partial charge in [0.05, 0.1) is 6.54 Å². The molecule has 0 fully saturated rings. The first-order valence-corrected chi connectivity index (χ1v) is 4.06. The summed E-state index contributed by atoms with van der Waals surface area (Å²) >= 11 is 11.7. The van der Waals surface area contributed by atoms with E-state index in [1.54, 1.807) is 24.4 Å². The number of nitrogens with zero attached hydrogens (tertiary/aromatic N) is 1. The molecule has 0 atom stereocenters. The van der Waals surface area contributed by atoms with Gasteiger partial charge in [-0.2, -0.15) is 5.26 Å². The Balaban J connectivity index is 2.90. The molecule has 0 heterocycles. The summed E-state index contributed by atoms with van der Waals surface area (Å²) in [6.45, 7) is 0.370. The number of halogens is 2. The first-order valence-electron chi connectivity index (χ1n) is 3.30. The smallest absolute Gasteiger partial charge is 0.176 e. The lowest BCUT2D eigenvalue weighted by molar-refractivity contribution is 0.885. The fourth-order valence-corrected chi connectivity index (χ4v) is 1.36. The highest BCUT2D eigenvalue weighted by molar-refractivity contribution is 6.35. The van der Waals surface area contributed by atoms with Crippen LogP contribution in [0.25, 0.3) is 0 Å². The maximum Gasteiger partial charge on any atom is 0.176 e. The van der Waals surface area contributed by atoms with Gasteiger partial charge in [-0.15, -0.1) is 0 Å². The lowest BCUT2D eigenvalue weighted by Crippen LogP contribution is -2.05. The van der Waals surface area contributed by atoms with Crippen molar-refractivity contribution >= 4 is 23.2 Å². The molecule has 0 spiro atoms. The molecule has 0 aliphatic heterocycles. The van der Waals surface area contributed by atoms with E-state index in [9.17, 15) is 0 Å². The maximum atomic E-state index is 8.26. The normalized spacial score (nSPS) is 9.08. The van der Waals surface area contributed by atoms with Crippen molar-refractivity contribution in [1.82, 2.24) is 5.32 Å². The fourth-order valence-electron chi connectivity index (χ4n) is 0.829. The molecule has 0 amide bonds. The van der Waals surface area contributed by atoms with Gasteiger partial charge in [-0.25, -0.2) is 0 Å². The van der Waals surface area contributed by atoms with E-state index >= 15 is 0 Å². The maximum absolute atomic E-state index is 8.26.